The third kappa shape index (κ3) is 6.07. The van der Waals surface area contributed by atoms with Crippen LogP contribution in [0.3, 0.4) is 0 Å². The average molecular weight is 118 g/mol. The first kappa shape index (κ1) is 7.07. The molecule has 0 amide bonds. The summed E-state index contributed by atoms with van der Waals surface area (Å²) in [6, 6.07) is 0. The second-order valence-electron chi connectivity index (χ2n) is 0.948. The van der Waals surface area contributed by atoms with E-state index < -0.39 is 6.40 Å². The van der Waals surface area contributed by atoms with Gasteiger partial charge in [-0.3, -0.25) is 0 Å². The van der Waals surface area contributed by atoms with Crippen molar-refractivity contribution in [3.8, 4) is 0 Å². The van der Waals surface area contributed by atoms with Gasteiger partial charge in [-0.25, -0.2) is 0 Å². The fourth-order valence-electron chi connectivity index (χ4n) is 0.154. The van der Waals surface area contributed by atoms with E-state index >= 15 is 0 Å². The fraction of sp³-hybridized carbons (Fsp3) is 0.333. The van der Waals surface area contributed by atoms with Crippen molar-refractivity contribution < 1.29 is 10.0 Å². The van der Waals surface area contributed by atoms with Crippen molar-refractivity contribution in [3.63, 3.8) is 0 Å². The first-order valence-electron chi connectivity index (χ1n) is 1.86. The zero-order valence-corrected chi connectivity index (χ0v) is 4.69. The van der Waals surface area contributed by atoms with Crippen LogP contribution in [-0.4, -0.2) is 22.2 Å². The Balaban J connectivity index is 2.81. The van der Waals surface area contributed by atoms with Gasteiger partial charge in [0.15, 0.2) is 0 Å². The van der Waals surface area contributed by atoms with Gasteiger partial charge < -0.3 is 10.0 Å². The van der Waals surface area contributed by atoms with Crippen LogP contribution in [0, 0.1) is 0 Å². The maximum absolute atomic E-state index is 8.15. The predicted octanol–water partition coefficient (Wildman–Crippen LogP) is -0.125. The molecule has 40 valence electrons. The maximum Gasteiger partial charge on any atom is 0.526 e. The zero-order valence-electron chi connectivity index (χ0n) is 3.87. The van der Waals surface area contributed by atoms with Crippen LogP contribution in [0.4, 0.5) is 0 Å². The highest BCUT2D eigenvalue weighted by Crippen LogP contribution is 1.98. The molecule has 0 radical (unpaired) electrons. The Morgan fingerprint density at radius 1 is 1.71 bits per heavy atom. The highest BCUT2D eigenvalue weighted by molar-refractivity contribution is 8.23. The van der Waals surface area contributed by atoms with Crippen molar-refractivity contribution in [1.29, 1.82) is 0 Å². The van der Waals surface area contributed by atoms with Crippen LogP contribution in [0.1, 0.15) is 0 Å². The van der Waals surface area contributed by atoms with Gasteiger partial charge in [0.1, 0.15) is 0 Å². The molecule has 0 saturated heterocycles. The highest BCUT2D eigenvalue weighted by Gasteiger charge is 2.02. The lowest BCUT2D eigenvalue weighted by Crippen LogP contribution is -2.04. The van der Waals surface area contributed by atoms with Gasteiger partial charge in [-0.1, -0.05) is 6.08 Å². The van der Waals surface area contributed by atoms with Crippen LogP contribution < -0.4 is 0 Å². The van der Waals surface area contributed by atoms with Gasteiger partial charge in [-0.05, 0) is 0 Å². The maximum atomic E-state index is 8.15. The molecule has 0 rings (SSSR count). The van der Waals surface area contributed by atoms with E-state index in [2.05, 4.69) is 6.58 Å². The molecule has 0 unspecified atom stereocenters. The molecule has 0 saturated carbocycles. The van der Waals surface area contributed by atoms with Crippen LogP contribution >= 0.6 is 11.6 Å². The third-order valence-electron chi connectivity index (χ3n) is 0.363. The van der Waals surface area contributed by atoms with Gasteiger partial charge in [0.25, 0.3) is 0 Å². The van der Waals surface area contributed by atoms with Gasteiger partial charge in [-0.15, -0.1) is 18.2 Å². The molecule has 0 aliphatic heterocycles. The monoisotopic (exact) mass is 118 g/mol. The van der Waals surface area contributed by atoms with E-state index in [-0.39, 0.29) is 0 Å². The molecule has 0 aromatic carbocycles. The summed E-state index contributed by atoms with van der Waals surface area (Å²) >= 11 is 1.02. The van der Waals surface area contributed by atoms with E-state index in [1.165, 1.54) is 0 Å². The van der Waals surface area contributed by atoms with E-state index in [4.69, 9.17) is 10.0 Å². The topological polar surface area (TPSA) is 40.5 Å². The summed E-state index contributed by atoms with van der Waals surface area (Å²) in [5.74, 6) is 0.581. The highest BCUT2D eigenvalue weighted by atomic mass is 32.2. The minimum Gasteiger partial charge on any atom is -0.418 e. The smallest absolute Gasteiger partial charge is 0.418 e. The molecule has 0 fully saturated rings. The normalized spacial score (nSPS) is 8.29. The second-order valence-corrected chi connectivity index (χ2v) is 2.04. The molecule has 2 N–H and O–H groups in total. The van der Waals surface area contributed by atoms with Gasteiger partial charge in [0, 0.05) is 5.75 Å². The fourth-order valence-corrected chi connectivity index (χ4v) is 0.462. The summed E-state index contributed by atoms with van der Waals surface area (Å²) in [4.78, 5) is 0. The van der Waals surface area contributed by atoms with Crippen molar-refractivity contribution in [1.82, 2.24) is 0 Å². The summed E-state index contributed by atoms with van der Waals surface area (Å²) in [5, 5.41) is 16.3. The quantitative estimate of drug-likeness (QED) is 0.400. The van der Waals surface area contributed by atoms with Crippen LogP contribution in [-0.2, 0) is 0 Å². The third-order valence-corrected chi connectivity index (χ3v) is 1.09. The molecule has 0 aliphatic rings. The Kier molecular flexibility index (Phi) is 4.28. The molecule has 7 heavy (non-hydrogen) atoms. The Morgan fingerprint density at radius 2 is 2.29 bits per heavy atom. The van der Waals surface area contributed by atoms with Crippen molar-refractivity contribution in [3.05, 3.63) is 12.7 Å². The standard InChI is InChI=1S/C3H7BO2S/c1-2-3-7-4(5)6/h2,5-6H,1,3H2. The first-order chi connectivity index (χ1) is 3.27. The SMILES string of the molecule is C=CCSB(O)O. The van der Waals surface area contributed by atoms with Crippen LogP contribution in [0.25, 0.3) is 0 Å². The Bertz CT molecular complexity index is 56.9. The van der Waals surface area contributed by atoms with Gasteiger partial charge >= 0.3 is 6.40 Å². The Labute approximate surface area is 47.3 Å². The van der Waals surface area contributed by atoms with Gasteiger partial charge in [0.2, 0.25) is 0 Å². The van der Waals surface area contributed by atoms with Crippen LogP contribution in [0.2, 0.25) is 0 Å². The largest absolute Gasteiger partial charge is 0.526 e. The molecule has 0 aliphatic carbocycles. The summed E-state index contributed by atoms with van der Waals surface area (Å²) in [5.41, 5.74) is 0. The first-order valence-corrected chi connectivity index (χ1v) is 2.91. The number of rotatable bonds is 3. The number of hydrogen-bond acceptors (Lipinski definition) is 3. The van der Waals surface area contributed by atoms with E-state index in [9.17, 15) is 0 Å². The Morgan fingerprint density at radius 3 is 2.43 bits per heavy atom. The summed E-state index contributed by atoms with van der Waals surface area (Å²) in [6.07, 6.45) is 0.363. The predicted molar refractivity (Wildman–Crippen MR) is 32.8 cm³/mol. The second kappa shape index (κ2) is 4.24. The molecular weight excluding hydrogens is 111 g/mol. The summed E-state index contributed by atoms with van der Waals surface area (Å²) in [7, 11) is 0. The molecule has 4 heteroatoms. The molecule has 0 aromatic rings. The summed E-state index contributed by atoms with van der Waals surface area (Å²) < 4.78 is 0. The lowest BCUT2D eigenvalue weighted by molar-refractivity contribution is 0.438. The van der Waals surface area contributed by atoms with E-state index in [1.54, 1.807) is 6.08 Å². The van der Waals surface area contributed by atoms with Crippen LogP contribution in [0.15, 0.2) is 12.7 Å². The lowest BCUT2D eigenvalue weighted by Gasteiger charge is -1.89. The van der Waals surface area contributed by atoms with Crippen LogP contribution in [0.5, 0.6) is 0 Å². The number of hydrogen-bond donors (Lipinski definition) is 2. The van der Waals surface area contributed by atoms with Crippen molar-refractivity contribution >= 4 is 18.0 Å². The molecular formula is C3H7BO2S. The molecule has 0 spiro atoms. The zero-order chi connectivity index (χ0) is 5.70. The molecule has 0 atom stereocenters. The molecule has 0 aromatic heterocycles. The van der Waals surface area contributed by atoms with Gasteiger partial charge in [0.05, 0.1) is 0 Å². The van der Waals surface area contributed by atoms with E-state index in [0.29, 0.717) is 5.75 Å². The van der Waals surface area contributed by atoms with E-state index in [1.807, 2.05) is 0 Å². The van der Waals surface area contributed by atoms with Crippen molar-refractivity contribution in [2.75, 3.05) is 5.75 Å². The molecule has 0 heterocycles. The molecule has 2 nitrogen and oxygen atoms in total. The minimum atomic E-state index is -1.25. The summed E-state index contributed by atoms with van der Waals surface area (Å²) in [6.45, 7) is 3.39. The lowest BCUT2D eigenvalue weighted by atomic mass is 10.4. The van der Waals surface area contributed by atoms with Gasteiger partial charge in [-0.2, -0.15) is 0 Å². The van der Waals surface area contributed by atoms with E-state index in [0.717, 1.165) is 11.6 Å². The molecule has 0 bridgehead atoms. The average Bonchev–Trinajstić information content (AvgIpc) is 1.61. The Hall–Kier alpha value is 0.0749. The van der Waals surface area contributed by atoms with Crippen molar-refractivity contribution in [2.24, 2.45) is 0 Å². The minimum absolute atomic E-state index is 0.581. The van der Waals surface area contributed by atoms with Crippen molar-refractivity contribution in [2.45, 2.75) is 0 Å².